The summed E-state index contributed by atoms with van der Waals surface area (Å²) >= 11 is 6.08. The van der Waals surface area contributed by atoms with Crippen molar-refractivity contribution in [3.8, 4) is 0 Å². The molecule has 1 amide bonds. The highest BCUT2D eigenvalue weighted by atomic mass is 35.5. The van der Waals surface area contributed by atoms with Crippen LogP contribution in [0.3, 0.4) is 0 Å². The summed E-state index contributed by atoms with van der Waals surface area (Å²) in [7, 11) is 0. The van der Waals surface area contributed by atoms with Gasteiger partial charge in [-0.3, -0.25) is 4.79 Å². The second-order valence-corrected chi connectivity index (χ2v) is 5.72. The molecule has 0 spiro atoms. The second-order valence-electron chi connectivity index (χ2n) is 5.31. The van der Waals surface area contributed by atoms with Crippen molar-refractivity contribution in [2.45, 2.75) is 44.1 Å². The zero-order valence-corrected chi connectivity index (χ0v) is 11.9. The molecule has 3 nitrogen and oxygen atoms in total. The number of hydrogen-bond acceptors (Lipinski definition) is 2. The maximum Gasteiger partial charge on any atom is 0.240 e. The van der Waals surface area contributed by atoms with Crippen molar-refractivity contribution in [1.82, 2.24) is 5.32 Å². The van der Waals surface area contributed by atoms with Crippen molar-refractivity contribution >= 4 is 17.5 Å². The van der Waals surface area contributed by atoms with Gasteiger partial charge in [-0.25, -0.2) is 0 Å². The van der Waals surface area contributed by atoms with E-state index < -0.39 is 5.54 Å². The SMILES string of the molecule is NC1(C(=O)NCCc2ccccc2Cl)CCCCC1. The highest BCUT2D eigenvalue weighted by Crippen LogP contribution is 2.26. The Balaban J connectivity index is 1.82. The van der Waals surface area contributed by atoms with Crippen molar-refractivity contribution < 1.29 is 4.79 Å². The third-order valence-corrected chi connectivity index (χ3v) is 4.20. The molecular formula is C15H21ClN2O. The van der Waals surface area contributed by atoms with Crippen molar-refractivity contribution in [2.24, 2.45) is 5.73 Å². The highest BCUT2D eigenvalue weighted by molar-refractivity contribution is 6.31. The standard InChI is InChI=1S/C15H21ClN2O/c16-13-7-3-2-6-12(13)8-11-18-14(19)15(17)9-4-1-5-10-15/h2-3,6-7H,1,4-5,8-11,17H2,(H,18,19). The Hall–Kier alpha value is -1.06. The third kappa shape index (κ3) is 3.71. The number of carbonyl (C=O) groups is 1. The van der Waals surface area contributed by atoms with Gasteiger partial charge in [0, 0.05) is 11.6 Å². The molecule has 0 atom stereocenters. The lowest BCUT2D eigenvalue weighted by molar-refractivity contribution is -0.127. The van der Waals surface area contributed by atoms with Crippen LogP contribution in [0.1, 0.15) is 37.7 Å². The molecule has 1 fully saturated rings. The number of nitrogens with two attached hydrogens (primary N) is 1. The van der Waals surface area contributed by atoms with Gasteiger partial charge in [0.25, 0.3) is 0 Å². The van der Waals surface area contributed by atoms with Crippen molar-refractivity contribution in [2.75, 3.05) is 6.54 Å². The summed E-state index contributed by atoms with van der Waals surface area (Å²) in [6.07, 6.45) is 5.62. The summed E-state index contributed by atoms with van der Waals surface area (Å²) in [5, 5.41) is 3.69. The molecule has 4 heteroatoms. The molecule has 19 heavy (non-hydrogen) atoms. The Labute approximate surface area is 119 Å². The summed E-state index contributed by atoms with van der Waals surface area (Å²) < 4.78 is 0. The van der Waals surface area contributed by atoms with Crippen LogP contribution in [0, 0.1) is 0 Å². The largest absolute Gasteiger partial charge is 0.354 e. The third-order valence-electron chi connectivity index (χ3n) is 3.84. The Morgan fingerprint density at radius 2 is 1.95 bits per heavy atom. The number of rotatable bonds is 4. The van der Waals surface area contributed by atoms with Crippen LogP contribution in [0.5, 0.6) is 0 Å². The fourth-order valence-corrected chi connectivity index (χ4v) is 2.83. The summed E-state index contributed by atoms with van der Waals surface area (Å²) in [4.78, 5) is 12.1. The minimum absolute atomic E-state index is 0.0146. The molecule has 0 saturated heterocycles. The minimum atomic E-state index is -0.654. The number of nitrogens with one attached hydrogen (secondary N) is 1. The number of hydrogen-bond donors (Lipinski definition) is 2. The maximum absolute atomic E-state index is 12.1. The van der Waals surface area contributed by atoms with Crippen LogP contribution in [-0.4, -0.2) is 18.0 Å². The first kappa shape index (κ1) is 14.4. The van der Waals surface area contributed by atoms with E-state index >= 15 is 0 Å². The summed E-state index contributed by atoms with van der Waals surface area (Å²) in [5.41, 5.74) is 6.57. The van der Waals surface area contributed by atoms with Gasteiger partial charge in [0.1, 0.15) is 0 Å². The van der Waals surface area contributed by atoms with E-state index in [1.807, 2.05) is 24.3 Å². The van der Waals surface area contributed by atoms with Gasteiger partial charge in [-0.05, 0) is 30.9 Å². The van der Waals surface area contributed by atoms with Crippen LogP contribution in [0.2, 0.25) is 5.02 Å². The fraction of sp³-hybridized carbons (Fsp3) is 0.533. The molecule has 0 radical (unpaired) electrons. The predicted octanol–water partition coefficient (Wildman–Crippen LogP) is 2.66. The molecule has 2 rings (SSSR count). The summed E-state index contributed by atoms with van der Waals surface area (Å²) in [5.74, 6) is -0.0146. The molecule has 104 valence electrons. The highest BCUT2D eigenvalue weighted by Gasteiger charge is 2.34. The van der Waals surface area contributed by atoms with Crippen molar-refractivity contribution in [3.63, 3.8) is 0 Å². The maximum atomic E-state index is 12.1. The lowest BCUT2D eigenvalue weighted by Crippen LogP contribution is -2.55. The number of benzene rings is 1. The first-order valence-corrected chi connectivity index (χ1v) is 7.30. The average molecular weight is 281 g/mol. The minimum Gasteiger partial charge on any atom is -0.354 e. The smallest absolute Gasteiger partial charge is 0.240 e. The Kier molecular flexibility index (Phi) is 4.83. The van der Waals surface area contributed by atoms with Crippen LogP contribution in [-0.2, 0) is 11.2 Å². The molecule has 0 aromatic heterocycles. The molecule has 1 saturated carbocycles. The fourth-order valence-electron chi connectivity index (χ4n) is 2.60. The predicted molar refractivity (Wildman–Crippen MR) is 78.2 cm³/mol. The zero-order valence-electron chi connectivity index (χ0n) is 11.1. The van der Waals surface area contributed by atoms with E-state index in [1.165, 1.54) is 6.42 Å². The lowest BCUT2D eigenvalue weighted by atomic mass is 9.82. The molecular weight excluding hydrogens is 260 g/mol. The van der Waals surface area contributed by atoms with E-state index in [4.69, 9.17) is 17.3 Å². The lowest BCUT2D eigenvalue weighted by Gasteiger charge is -2.31. The monoisotopic (exact) mass is 280 g/mol. The van der Waals surface area contributed by atoms with Crippen LogP contribution < -0.4 is 11.1 Å². The van der Waals surface area contributed by atoms with Gasteiger partial charge < -0.3 is 11.1 Å². The van der Waals surface area contributed by atoms with Crippen molar-refractivity contribution in [3.05, 3.63) is 34.9 Å². The normalized spacial score (nSPS) is 18.0. The zero-order chi connectivity index (χ0) is 13.7. The Bertz CT molecular complexity index is 442. The number of carbonyl (C=O) groups excluding carboxylic acids is 1. The number of halogens is 1. The van der Waals surface area contributed by atoms with Crippen LogP contribution >= 0.6 is 11.6 Å². The molecule has 0 bridgehead atoms. The molecule has 0 heterocycles. The first-order valence-electron chi connectivity index (χ1n) is 6.92. The van der Waals surface area contributed by atoms with E-state index in [0.717, 1.165) is 42.7 Å². The van der Waals surface area contributed by atoms with Gasteiger partial charge in [0.2, 0.25) is 5.91 Å². The molecule has 1 aliphatic carbocycles. The molecule has 1 aromatic carbocycles. The van der Waals surface area contributed by atoms with Gasteiger partial charge in [0.05, 0.1) is 5.54 Å². The van der Waals surface area contributed by atoms with E-state index in [1.54, 1.807) is 0 Å². The van der Waals surface area contributed by atoms with E-state index in [9.17, 15) is 4.79 Å². The number of amides is 1. The Morgan fingerprint density at radius 3 is 2.63 bits per heavy atom. The van der Waals surface area contributed by atoms with Gasteiger partial charge in [-0.2, -0.15) is 0 Å². The molecule has 3 N–H and O–H groups in total. The van der Waals surface area contributed by atoms with Gasteiger partial charge in [-0.1, -0.05) is 49.1 Å². The van der Waals surface area contributed by atoms with E-state index in [2.05, 4.69) is 5.32 Å². The van der Waals surface area contributed by atoms with Gasteiger partial charge in [0.15, 0.2) is 0 Å². The average Bonchev–Trinajstić information content (AvgIpc) is 2.41. The molecule has 0 unspecified atom stereocenters. The van der Waals surface area contributed by atoms with Gasteiger partial charge >= 0.3 is 0 Å². The molecule has 1 aliphatic rings. The molecule has 1 aromatic rings. The van der Waals surface area contributed by atoms with Crippen LogP contribution in [0.4, 0.5) is 0 Å². The van der Waals surface area contributed by atoms with Crippen LogP contribution in [0.25, 0.3) is 0 Å². The quantitative estimate of drug-likeness (QED) is 0.891. The van der Waals surface area contributed by atoms with Crippen molar-refractivity contribution in [1.29, 1.82) is 0 Å². The summed E-state index contributed by atoms with van der Waals surface area (Å²) in [6, 6.07) is 7.70. The topological polar surface area (TPSA) is 55.1 Å². The Morgan fingerprint density at radius 1 is 1.26 bits per heavy atom. The molecule has 0 aliphatic heterocycles. The first-order chi connectivity index (χ1) is 9.12. The van der Waals surface area contributed by atoms with E-state index in [0.29, 0.717) is 6.54 Å². The summed E-state index contributed by atoms with van der Waals surface area (Å²) in [6.45, 7) is 0.585. The van der Waals surface area contributed by atoms with Crippen LogP contribution in [0.15, 0.2) is 24.3 Å². The van der Waals surface area contributed by atoms with E-state index in [-0.39, 0.29) is 5.91 Å². The van der Waals surface area contributed by atoms with Gasteiger partial charge in [-0.15, -0.1) is 0 Å². The second kappa shape index (κ2) is 6.40.